The van der Waals surface area contributed by atoms with Gasteiger partial charge >= 0.3 is 0 Å². The lowest BCUT2D eigenvalue weighted by Gasteiger charge is -2.18. The van der Waals surface area contributed by atoms with Gasteiger partial charge in [0.25, 0.3) is 5.91 Å². The molecule has 3 rings (SSSR count). The summed E-state index contributed by atoms with van der Waals surface area (Å²) in [6, 6.07) is 0. The first-order valence-corrected chi connectivity index (χ1v) is 6.87. The van der Waals surface area contributed by atoms with Crippen molar-refractivity contribution < 1.29 is 24.5 Å². The predicted molar refractivity (Wildman–Crippen MR) is 78.3 cm³/mol. The van der Waals surface area contributed by atoms with Gasteiger partial charge in [-0.1, -0.05) is 0 Å². The van der Waals surface area contributed by atoms with E-state index < -0.39 is 30.4 Å². The molecule has 1 fully saturated rings. The fourth-order valence-electron chi connectivity index (χ4n) is 2.88. The van der Waals surface area contributed by atoms with Gasteiger partial charge in [0.2, 0.25) is 0 Å². The molecule has 2 aromatic rings. The summed E-state index contributed by atoms with van der Waals surface area (Å²) in [7, 11) is 1.41. The monoisotopic (exact) mass is 323 g/mol. The Morgan fingerprint density at radius 3 is 2.83 bits per heavy atom. The molecule has 0 aliphatic carbocycles. The lowest BCUT2D eigenvalue weighted by molar-refractivity contribution is -0.0534. The number of amides is 1. The van der Waals surface area contributed by atoms with Gasteiger partial charge in [-0.3, -0.25) is 4.79 Å². The Hall–Kier alpha value is -2.27. The maximum absolute atomic E-state index is 11.6. The van der Waals surface area contributed by atoms with Crippen LogP contribution in [0.25, 0.3) is 11.0 Å². The molecule has 0 spiro atoms. The maximum atomic E-state index is 11.6. The van der Waals surface area contributed by atoms with Crippen LogP contribution in [-0.2, 0) is 9.47 Å². The van der Waals surface area contributed by atoms with E-state index in [1.54, 1.807) is 0 Å². The number of nitrogens with two attached hydrogens (primary N) is 2. The average molecular weight is 323 g/mol. The second-order valence-corrected chi connectivity index (χ2v) is 5.21. The molecule has 0 saturated carbocycles. The first-order valence-electron chi connectivity index (χ1n) is 6.87. The van der Waals surface area contributed by atoms with Gasteiger partial charge in [0, 0.05) is 13.3 Å². The van der Waals surface area contributed by atoms with E-state index in [0.717, 1.165) is 0 Å². The number of nitrogens with zero attached hydrogens (tertiary/aromatic N) is 3. The van der Waals surface area contributed by atoms with Crippen LogP contribution < -0.4 is 11.5 Å². The first-order chi connectivity index (χ1) is 11.0. The van der Waals surface area contributed by atoms with Crippen LogP contribution in [0, 0.1) is 0 Å². The third kappa shape index (κ3) is 2.32. The van der Waals surface area contributed by atoms with E-state index in [1.165, 1.54) is 24.2 Å². The number of carbonyl (C=O) groups excluding carboxylic acids is 1. The molecule has 4 atom stereocenters. The van der Waals surface area contributed by atoms with Gasteiger partial charge in [-0.2, -0.15) is 0 Å². The van der Waals surface area contributed by atoms with Crippen LogP contribution in [0.1, 0.15) is 16.6 Å². The molecule has 6 N–H and O–H groups in total. The Morgan fingerprint density at radius 1 is 1.52 bits per heavy atom. The first kappa shape index (κ1) is 15.6. The average Bonchev–Trinajstić information content (AvgIpc) is 3.06. The molecule has 1 saturated heterocycles. The second kappa shape index (κ2) is 5.74. The lowest BCUT2D eigenvalue weighted by atomic mass is 10.1. The third-order valence-electron chi connectivity index (χ3n) is 3.94. The van der Waals surface area contributed by atoms with Gasteiger partial charge in [-0.25, -0.2) is 9.97 Å². The molecule has 124 valence electrons. The standard InChI is InChI=1S/C13H17N5O5/c1-22-9-6(3-19)23-13(8(9)20)18-2-5(11(15)21)7-10(14)16-4-17-12(7)18/h2,4,6,8-9,13,19-20H,3H2,1H3,(H2,15,21)(H2,14,16,17)/t6-,8-,9-,13-/m1/s1. The molecule has 1 aliphatic rings. The molecule has 3 heterocycles. The highest BCUT2D eigenvalue weighted by Crippen LogP contribution is 2.35. The lowest BCUT2D eigenvalue weighted by Crippen LogP contribution is -2.35. The number of methoxy groups -OCH3 is 1. The number of aliphatic hydroxyl groups excluding tert-OH is 2. The molecule has 0 bridgehead atoms. The molecule has 0 unspecified atom stereocenters. The van der Waals surface area contributed by atoms with Crippen molar-refractivity contribution in [2.24, 2.45) is 5.73 Å². The van der Waals surface area contributed by atoms with Gasteiger partial charge in [0.15, 0.2) is 6.23 Å². The number of nitrogen functional groups attached to an aromatic ring is 1. The minimum Gasteiger partial charge on any atom is -0.394 e. The summed E-state index contributed by atoms with van der Waals surface area (Å²) in [4.78, 5) is 19.6. The third-order valence-corrected chi connectivity index (χ3v) is 3.94. The number of ether oxygens (including phenoxy) is 2. The number of hydrogen-bond acceptors (Lipinski definition) is 8. The van der Waals surface area contributed by atoms with Gasteiger partial charge in [0.1, 0.15) is 36.1 Å². The van der Waals surface area contributed by atoms with Crippen LogP contribution in [0.2, 0.25) is 0 Å². The van der Waals surface area contributed by atoms with E-state index in [9.17, 15) is 15.0 Å². The molecule has 10 nitrogen and oxygen atoms in total. The van der Waals surface area contributed by atoms with Crippen LogP contribution in [0.3, 0.4) is 0 Å². The van der Waals surface area contributed by atoms with Crippen molar-refractivity contribution in [3.63, 3.8) is 0 Å². The zero-order valence-corrected chi connectivity index (χ0v) is 12.3. The quantitative estimate of drug-likeness (QED) is 0.522. The Balaban J connectivity index is 2.14. The summed E-state index contributed by atoms with van der Waals surface area (Å²) >= 11 is 0. The molecule has 1 aliphatic heterocycles. The van der Waals surface area contributed by atoms with Gasteiger partial charge in [-0.05, 0) is 0 Å². The fraction of sp³-hybridized carbons (Fsp3) is 0.462. The summed E-state index contributed by atoms with van der Waals surface area (Å²) in [5.41, 5.74) is 11.6. The minimum atomic E-state index is -1.08. The highest BCUT2D eigenvalue weighted by molar-refractivity contribution is 6.08. The zero-order valence-electron chi connectivity index (χ0n) is 12.3. The van der Waals surface area contributed by atoms with Crippen molar-refractivity contribution in [3.8, 4) is 0 Å². The van der Waals surface area contributed by atoms with Crippen molar-refractivity contribution in [1.29, 1.82) is 0 Å². The SMILES string of the molecule is CO[C@H]1[C@@H](O)[C@H](n2cc(C(N)=O)c3c(N)ncnc32)O[C@@H]1CO. The summed E-state index contributed by atoms with van der Waals surface area (Å²) < 4.78 is 12.3. The molecular formula is C13H17N5O5. The van der Waals surface area contributed by atoms with Crippen LogP contribution >= 0.6 is 0 Å². The van der Waals surface area contributed by atoms with Crippen LogP contribution in [0.15, 0.2) is 12.5 Å². The number of anilines is 1. The summed E-state index contributed by atoms with van der Waals surface area (Å²) in [5.74, 6) is -0.609. The maximum Gasteiger partial charge on any atom is 0.251 e. The topological polar surface area (TPSA) is 159 Å². The van der Waals surface area contributed by atoms with Crippen LogP contribution in [-0.4, -0.2) is 62.7 Å². The number of fused-ring (bicyclic) bond motifs is 1. The van der Waals surface area contributed by atoms with Crippen molar-refractivity contribution in [1.82, 2.24) is 14.5 Å². The summed E-state index contributed by atoms with van der Waals surface area (Å²) in [5, 5.41) is 20.1. The highest BCUT2D eigenvalue weighted by Gasteiger charge is 2.45. The number of aromatic nitrogens is 3. The zero-order chi connectivity index (χ0) is 16.7. The fourth-order valence-corrected chi connectivity index (χ4v) is 2.88. The van der Waals surface area contributed by atoms with Crippen LogP contribution in [0.4, 0.5) is 5.82 Å². The molecule has 1 amide bonds. The van der Waals surface area contributed by atoms with Gasteiger partial charge in [-0.15, -0.1) is 0 Å². The Bertz CT molecular complexity index is 748. The number of hydrogen-bond donors (Lipinski definition) is 4. The summed E-state index contributed by atoms with van der Waals surface area (Å²) in [6.45, 7) is -0.328. The minimum absolute atomic E-state index is 0.0945. The molecule has 2 aromatic heterocycles. The number of aliphatic hydroxyl groups is 2. The van der Waals surface area contributed by atoms with Crippen molar-refractivity contribution in [3.05, 3.63) is 18.1 Å². The second-order valence-electron chi connectivity index (χ2n) is 5.21. The largest absolute Gasteiger partial charge is 0.394 e. The molecule has 23 heavy (non-hydrogen) atoms. The summed E-state index contributed by atoms with van der Waals surface area (Å²) in [6.07, 6.45) is -0.797. The highest BCUT2D eigenvalue weighted by atomic mass is 16.6. The van der Waals surface area contributed by atoms with E-state index >= 15 is 0 Å². The molecule has 10 heteroatoms. The smallest absolute Gasteiger partial charge is 0.251 e. The Morgan fingerprint density at radius 2 is 2.26 bits per heavy atom. The van der Waals surface area contributed by atoms with Crippen LogP contribution in [0.5, 0.6) is 0 Å². The van der Waals surface area contributed by atoms with E-state index in [1.807, 2.05) is 0 Å². The van der Waals surface area contributed by atoms with E-state index in [4.69, 9.17) is 20.9 Å². The molecular weight excluding hydrogens is 306 g/mol. The van der Waals surface area contributed by atoms with E-state index in [2.05, 4.69) is 9.97 Å². The Labute approximate surface area is 130 Å². The van der Waals surface area contributed by atoms with Crippen molar-refractivity contribution in [2.75, 3.05) is 19.5 Å². The van der Waals surface area contributed by atoms with E-state index in [-0.39, 0.29) is 23.4 Å². The van der Waals surface area contributed by atoms with Crippen molar-refractivity contribution in [2.45, 2.75) is 24.5 Å². The number of carbonyl (C=O) groups is 1. The number of primary amides is 1. The Kier molecular flexibility index (Phi) is 3.90. The molecule has 0 aromatic carbocycles. The van der Waals surface area contributed by atoms with Gasteiger partial charge in [0.05, 0.1) is 17.6 Å². The van der Waals surface area contributed by atoms with Gasteiger partial charge < -0.3 is 35.7 Å². The van der Waals surface area contributed by atoms with Crippen molar-refractivity contribution >= 4 is 22.8 Å². The molecule has 0 radical (unpaired) electrons. The van der Waals surface area contributed by atoms with E-state index in [0.29, 0.717) is 5.65 Å². The number of rotatable bonds is 4. The normalized spacial score (nSPS) is 27.6. The predicted octanol–water partition coefficient (Wildman–Crippen LogP) is -1.62.